The summed E-state index contributed by atoms with van der Waals surface area (Å²) in [4.78, 5) is 18.3. The van der Waals surface area contributed by atoms with Crippen LogP contribution in [0.25, 0.3) is 0 Å². The van der Waals surface area contributed by atoms with Gasteiger partial charge in [-0.1, -0.05) is 56.5 Å². The minimum Gasteiger partial charge on any atom is -0.298 e. The van der Waals surface area contributed by atoms with Crippen LogP contribution in [0.15, 0.2) is 24.3 Å². The second kappa shape index (κ2) is 5.15. The van der Waals surface area contributed by atoms with Gasteiger partial charge < -0.3 is 0 Å². The third-order valence-electron chi connectivity index (χ3n) is 6.22. The number of aryl methyl sites for hydroxylation is 1. The molecule has 2 atom stereocenters. The molecule has 0 aromatic heterocycles. The summed E-state index contributed by atoms with van der Waals surface area (Å²) in [6.45, 7) is 10.3. The topological polar surface area (TPSA) is 23.6 Å². The van der Waals surface area contributed by atoms with Crippen LogP contribution in [0.5, 0.6) is 0 Å². The summed E-state index contributed by atoms with van der Waals surface area (Å²) in [6, 6.07) is 8.96. The smallest absolute Gasteiger partial charge is 0.150 e. The fourth-order valence-corrected chi connectivity index (χ4v) is 5.34. The van der Waals surface area contributed by atoms with Gasteiger partial charge in [0.1, 0.15) is 5.78 Å². The quantitative estimate of drug-likeness (QED) is 0.851. The van der Waals surface area contributed by atoms with Crippen molar-refractivity contribution in [2.45, 2.75) is 46.2 Å². The number of ketones is 1. The Kier molecular flexibility index (Phi) is 3.44. The van der Waals surface area contributed by atoms with Crippen LogP contribution >= 0.6 is 0 Å². The molecule has 1 aromatic carbocycles. The van der Waals surface area contributed by atoms with Gasteiger partial charge in [-0.3, -0.25) is 14.6 Å². The van der Waals surface area contributed by atoms with E-state index in [9.17, 15) is 4.79 Å². The zero-order chi connectivity index (χ0) is 16.2. The van der Waals surface area contributed by atoms with Crippen molar-refractivity contribution in [3.63, 3.8) is 0 Å². The molecule has 5 rings (SSSR count). The summed E-state index contributed by atoms with van der Waals surface area (Å²) in [5.41, 5.74) is 2.42. The molecule has 2 unspecified atom stereocenters. The number of nitrogens with zero attached hydrogens (tertiary/aromatic N) is 2. The van der Waals surface area contributed by atoms with E-state index in [1.807, 2.05) is 0 Å². The number of carbonyl (C=O) groups is 1. The Bertz CT molecular complexity index is 605. The molecular weight excluding hydrogens is 284 g/mol. The number of hydrogen-bond acceptors (Lipinski definition) is 3. The maximum Gasteiger partial charge on any atom is 0.150 e. The Morgan fingerprint density at radius 1 is 1.09 bits per heavy atom. The van der Waals surface area contributed by atoms with Gasteiger partial charge in [-0.15, -0.1) is 0 Å². The Hall–Kier alpha value is -1.19. The molecule has 0 N–H and O–H groups in total. The predicted octanol–water partition coefficient (Wildman–Crippen LogP) is 3.39. The van der Waals surface area contributed by atoms with Gasteiger partial charge in [0.25, 0.3) is 0 Å². The Labute approximate surface area is 139 Å². The van der Waals surface area contributed by atoms with Crippen LogP contribution in [-0.2, 0) is 4.79 Å². The highest BCUT2D eigenvalue weighted by Crippen LogP contribution is 2.53. The molecule has 124 valence electrons. The lowest BCUT2D eigenvalue weighted by Crippen LogP contribution is -2.76. The third-order valence-corrected chi connectivity index (χ3v) is 6.22. The summed E-state index contributed by atoms with van der Waals surface area (Å²) in [6.07, 6.45) is 3.77. The molecule has 4 fully saturated rings. The van der Waals surface area contributed by atoms with E-state index in [0.29, 0.717) is 11.9 Å². The zero-order valence-electron chi connectivity index (χ0n) is 14.6. The Morgan fingerprint density at radius 2 is 1.70 bits per heavy atom. The Morgan fingerprint density at radius 3 is 2.26 bits per heavy atom. The van der Waals surface area contributed by atoms with Crippen LogP contribution < -0.4 is 0 Å². The standard InChI is InChI=1S/C20H28N2O/c1-4-5-10-20-13-21-11-19(3,18(20)23)12-22(14-20)17(21)16-8-6-15(2)7-9-16/h6-9,17H,4-5,10-14H2,1-3H3. The summed E-state index contributed by atoms with van der Waals surface area (Å²) in [7, 11) is 0. The van der Waals surface area contributed by atoms with Crippen LogP contribution in [0.4, 0.5) is 0 Å². The van der Waals surface area contributed by atoms with Crippen molar-refractivity contribution in [3.8, 4) is 0 Å². The predicted molar refractivity (Wildman–Crippen MR) is 92.1 cm³/mol. The van der Waals surface area contributed by atoms with E-state index in [0.717, 1.165) is 32.6 Å². The molecule has 4 heterocycles. The summed E-state index contributed by atoms with van der Waals surface area (Å²) >= 11 is 0. The number of unbranched alkanes of at least 4 members (excludes halogenated alkanes) is 1. The van der Waals surface area contributed by atoms with Gasteiger partial charge in [-0.25, -0.2) is 0 Å². The largest absolute Gasteiger partial charge is 0.298 e. The fourth-order valence-electron chi connectivity index (χ4n) is 5.34. The van der Waals surface area contributed by atoms with Gasteiger partial charge in [0.2, 0.25) is 0 Å². The van der Waals surface area contributed by atoms with E-state index in [1.165, 1.54) is 24.0 Å². The van der Waals surface area contributed by atoms with E-state index in [4.69, 9.17) is 0 Å². The number of benzene rings is 1. The zero-order valence-corrected chi connectivity index (χ0v) is 14.6. The average Bonchev–Trinajstić information content (AvgIpc) is 2.51. The Balaban J connectivity index is 1.68. The van der Waals surface area contributed by atoms with Crippen molar-refractivity contribution in [1.82, 2.24) is 9.80 Å². The van der Waals surface area contributed by atoms with Gasteiger partial charge in [0, 0.05) is 26.2 Å². The van der Waals surface area contributed by atoms with Crippen molar-refractivity contribution in [1.29, 1.82) is 0 Å². The first-order valence-electron chi connectivity index (χ1n) is 9.07. The molecule has 1 aromatic rings. The first kappa shape index (κ1) is 15.3. The highest BCUT2D eigenvalue weighted by Gasteiger charge is 2.63. The van der Waals surface area contributed by atoms with E-state index in [1.54, 1.807) is 0 Å². The van der Waals surface area contributed by atoms with Crippen LogP contribution in [-0.4, -0.2) is 41.8 Å². The number of hydrogen-bond donors (Lipinski definition) is 0. The average molecular weight is 312 g/mol. The van der Waals surface area contributed by atoms with E-state index in [-0.39, 0.29) is 10.8 Å². The first-order chi connectivity index (χ1) is 11.0. The molecule has 4 bridgehead atoms. The van der Waals surface area contributed by atoms with E-state index in [2.05, 4.69) is 54.8 Å². The summed E-state index contributed by atoms with van der Waals surface area (Å²) in [5, 5.41) is 0. The van der Waals surface area contributed by atoms with E-state index >= 15 is 0 Å². The van der Waals surface area contributed by atoms with Crippen molar-refractivity contribution in [2.75, 3.05) is 26.2 Å². The van der Waals surface area contributed by atoms with Crippen LogP contribution in [0.2, 0.25) is 0 Å². The van der Waals surface area contributed by atoms with Gasteiger partial charge in [0.05, 0.1) is 17.0 Å². The molecule has 3 nitrogen and oxygen atoms in total. The molecule has 4 aliphatic rings. The minimum absolute atomic E-state index is 0.109. The minimum atomic E-state index is -0.161. The van der Waals surface area contributed by atoms with Crippen LogP contribution in [0.1, 0.15) is 50.4 Å². The number of carbonyl (C=O) groups excluding carboxylic acids is 1. The molecule has 0 radical (unpaired) electrons. The maximum atomic E-state index is 13.2. The van der Waals surface area contributed by atoms with E-state index < -0.39 is 0 Å². The summed E-state index contributed by atoms with van der Waals surface area (Å²) < 4.78 is 0. The highest BCUT2D eigenvalue weighted by molar-refractivity contribution is 5.93. The molecule has 0 spiro atoms. The SMILES string of the molecule is CCCCC12CN3CC(C)(CN(C1)C3c1ccc(C)cc1)C2=O. The number of rotatable bonds is 4. The fraction of sp³-hybridized carbons (Fsp3) is 0.650. The van der Waals surface area contributed by atoms with Crippen molar-refractivity contribution >= 4 is 5.78 Å². The highest BCUT2D eigenvalue weighted by atomic mass is 16.1. The lowest BCUT2D eigenvalue weighted by molar-refractivity contribution is -0.201. The second-order valence-electron chi connectivity index (χ2n) is 8.37. The number of Topliss-reactive ketones (excluding diaryl/α,β-unsaturated/α-hetero) is 1. The first-order valence-corrected chi connectivity index (χ1v) is 9.07. The maximum absolute atomic E-state index is 13.2. The monoisotopic (exact) mass is 312 g/mol. The molecule has 4 aliphatic heterocycles. The van der Waals surface area contributed by atoms with Crippen molar-refractivity contribution < 1.29 is 4.79 Å². The molecule has 23 heavy (non-hydrogen) atoms. The molecule has 3 heteroatoms. The van der Waals surface area contributed by atoms with Crippen molar-refractivity contribution in [3.05, 3.63) is 35.4 Å². The molecule has 0 saturated carbocycles. The van der Waals surface area contributed by atoms with Crippen molar-refractivity contribution in [2.24, 2.45) is 10.8 Å². The van der Waals surface area contributed by atoms with Crippen LogP contribution in [0.3, 0.4) is 0 Å². The van der Waals surface area contributed by atoms with Gasteiger partial charge >= 0.3 is 0 Å². The lowest BCUT2D eigenvalue weighted by atomic mass is 9.59. The van der Waals surface area contributed by atoms with Gasteiger partial charge in [-0.05, 0) is 18.9 Å². The molecule has 0 aliphatic carbocycles. The third kappa shape index (κ3) is 2.20. The van der Waals surface area contributed by atoms with Crippen LogP contribution in [0, 0.1) is 17.8 Å². The van der Waals surface area contributed by atoms with Gasteiger partial charge in [0.15, 0.2) is 0 Å². The normalized spacial score (nSPS) is 41.5. The molecule has 4 saturated heterocycles. The molecular formula is C20H28N2O. The van der Waals surface area contributed by atoms with Gasteiger partial charge in [-0.2, -0.15) is 0 Å². The molecule has 0 amide bonds. The lowest BCUT2D eigenvalue weighted by Gasteiger charge is -2.65. The second-order valence-corrected chi connectivity index (χ2v) is 8.37. The number of piperidine rings is 2. The summed E-state index contributed by atoms with van der Waals surface area (Å²) in [5.74, 6) is 0.549.